The smallest absolute Gasteiger partial charge is 0.309 e. The summed E-state index contributed by atoms with van der Waals surface area (Å²) in [5, 5.41) is 17.7. The molecule has 2 rings (SSSR count). The second kappa shape index (κ2) is 6.35. The highest BCUT2D eigenvalue weighted by molar-refractivity contribution is 7.90. The Morgan fingerprint density at radius 2 is 1.95 bits per heavy atom. The van der Waals surface area contributed by atoms with E-state index in [0.29, 0.717) is 11.1 Å². The number of hydrogen-bond donors (Lipinski definition) is 0. The Hall–Kier alpha value is -2.74. The molecule has 0 fully saturated rings. The number of nitriles is 1. The second-order valence-electron chi connectivity index (χ2n) is 4.70. The van der Waals surface area contributed by atoms with Crippen LogP contribution in [0.25, 0.3) is 11.1 Å². The molecule has 0 radical (unpaired) electrons. The standard InChI is InChI=1S/C16H13N3O2S/c1-13-11-19(15(9-17)10-18)8-7-14(13)12-22(20,21)16-5-3-2-4-6-16/h2-8,11H,12H2,1H3. The number of hydrogen-bond acceptors (Lipinski definition) is 3. The van der Waals surface area contributed by atoms with Gasteiger partial charge >= 0.3 is 5.70 Å². The van der Waals surface area contributed by atoms with Crippen molar-refractivity contribution in [3.63, 3.8) is 0 Å². The van der Waals surface area contributed by atoms with Gasteiger partial charge in [-0.15, -0.1) is 0 Å². The van der Waals surface area contributed by atoms with Crippen LogP contribution in [-0.2, 0) is 15.6 Å². The molecule has 0 aliphatic rings. The number of aryl methyl sites for hydroxylation is 1. The molecule has 0 saturated heterocycles. The molecule has 0 atom stereocenters. The number of allylic oxidation sites excluding steroid dienone is 1. The minimum atomic E-state index is -3.43. The summed E-state index contributed by atoms with van der Waals surface area (Å²) in [6, 6.07) is 11.6. The molecule has 6 heteroatoms. The average Bonchev–Trinajstić information content (AvgIpc) is 2.52. The first kappa shape index (κ1) is 15.6. The average molecular weight is 311 g/mol. The third kappa shape index (κ3) is 3.29. The molecule has 0 bridgehead atoms. The first-order valence-electron chi connectivity index (χ1n) is 6.44. The van der Waals surface area contributed by atoms with Crippen LogP contribution in [0.1, 0.15) is 11.1 Å². The van der Waals surface area contributed by atoms with Gasteiger partial charge < -0.3 is 5.41 Å². The molecule has 0 spiro atoms. The highest BCUT2D eigenvalue weighted by Crippen LogP contribution is 2.17. The van der Waals surface area contributed by atoms with Crippen LogP contribution in [0, 0.1) is 18.3 Å². The molecular formula is C16H13N3O2S. The molecule has 1 heterocycles. The van der Waals surface area contributed by atoms with E-state index < -0.39 is 9.84 Å². The molecule has 0 N–H and O–H groups in total. The fourth-order valence-corrected chi connectivity index (χ4v) is 3.47. The summed E-state index contributed by atoms with van der Waals surface area (Å²) in [5.41, 5.74) is 1.26. The lowest BCUT2D eigenvalue weighted by Crippen LogP contribution is -2.32. The Morgan fingerprint density at radius 1 is 1.27 bits per heavy atom. The maximum Gasteiger partial charge on any atom is 0.309 e. The van der Waals surface area contributed by atoms with Gasteiger partial charge in [-0.1, -0.05) is 18.2 Å². The number of benzene rings is 1. The zero-order valence-corrected chi connectivity index (χ0v) is 12.7. The summed E-state index contributed by atoms with van der Waals surface area (Å²) in [6.07, 6.45) is 3.10. The zero-order valence-electron chi connectivity index (χ0n) is 11.9. The molecular weight excluding hydrogens is 298 g/mol. The van der Waals surface area contributed by atoms with Crippen molar-refractivity contribution in [1.82, 2.24) is 0 Å². The molecule has 2 aromatic rings. The number of sulfone groups is 1. The topological polar surface area (TPSA) is 84.1 Å². The molecule has 1 aromatic heterocycles. The van der Waals surface area contributed by atoms with Gasteiger partial charge in [-0.05, 0) is 24.6 Å². The van der Waals surface area contributed by atoms with Crippen molar-refractivity contribution in [2.24, 2.45) is 0 Å². The van der Waals surface area contributed by atoms with E-state index in [1.54, 1.807) is 61.5 Å². The molecule has 1 aromatic carbocycles. The summed E-state index contributed by atoms with van der Waals surface area (Å²) >= 11 is 0. The van der Waals surface area contributed by atoms with Gasteiger partial charge in [-0.2, -0.15) is 15.7 Å². The Morgan fingerprint density at radius 3 is 2.50 bits per heavy atom. The third-order valence-corrected chi connectivity index (χ3v) is 4.87. The van der Waals surface area contributed by atoms with E-state index >= 15 is 0 Å². The summed E-state index contributed by atoms with van der Waals surface area (Å²) in [5.74, 6) is 1.66. The van der Waals surface area contributed by atoms with Crippen LogP contribution in [0.2, 0.25) is 0 Å². The van der Waals surface area contributed by atoms with E-state index in [-0.39, 0.29) is 16.3 Å². The highest BCUT2D eigenvalue weighted by atomic mass is 32.2. The Bertz CT molecular complexity index is 891. The Balaban J connectivity index is 2.36. The predicted molar refractivity (Wildman–Crippen MR) is 82.4 cm³/mol. The minimum absolute atomic E-state index is 0.0689. The first-order valence-corrected chi connectivity index (χ1v) is 8.09. The van der Waals surface area contributed by atoms with Crippen LogP contribution in [0.5, 0.6) is 0 Å². The number of nitrogens with zero attached hydrogens (tertiary/aromatic N) is 3. The van der Waals surface area contributed by atoms with E-state index in [1.165, 1.54) is 10.8 Å². The zero-order chi connectivity index (χ0) is 16.2. The van der Waals surface area contributed by atoms with E-state index in [0.717, 1.165) is 0 Å². The number of rotatable bonds is 4. The number of pyridine rings is 1. The van der Waals surface area contributed by atoms with Gasteiger partial charge in [0.1, 0.15) is 0 Å². The molecule has 0 saturated carbocycles. The van der Waals surface area contributed by atoms with E-state index in [2.05, 4.69) is 0 Å². The van der Waals surface area contributed by atoms with Crippen molar-refractivity contribution < 1.29 is 13.0 Å². The van der Waals surface area contributed by atoms with E-state index in [1.807, 2.05) is 0 Å². The quantitative estimate of drug-likeness (QED) is 0.491. The summed E-state index contributed by atoms with van der Waals surface area (Å²) in [4.78, 5) is 0.271. The van der Waals surface area contributed by atoms with Crippen LogP contribution in [0.15, 0.2) is 53.7 Å². The lowest BCUT2D eigenvalue weighted by molar-refractivity contribution is -0.576. The van der Waals surface area contributed by atoms with Gasteiger partial charge in [0.15, 0.2) is 28.3 Å². The summed E-state index contributed by atoms with van der Waals surface area (Å²) < 4.78 is 26.1. The van der Waals surface area contributed by atoms with Gasteiger partial charge in [-0.25, -0.2) is 8.42 Å². The van der Waals surface area contributed by atoms with Crippen molar-refractivity contribution in [2.75, 3.05) is 0 Å². The number of aromatic nitrogens is 1. The lowest BCUT2D eigenvalue weighted by atomic mass is 10.2. The monoisotopic (exact) mass is 311 g/mol. The van der Waals surface area contributed by atoms with Gasteiger partial charge in [-0.3, -0.25) is 0 Å². The lowest BCUT2D eigenvalue weighted by Gasteiger charge is -2.06. The highest BCUT2D eigenvalue weighted by Gasteiger charge is 2.18. The summed E-state index contributed by atoms with van der Waals surface area (Å²) in [7, 11) is -3.43. The molecule has 0 aliphatic carbocycles. The van der Waals surface area contributed by atoms with Crippen molar-refractivity contribution >= 4 is 21.4 Å². The third-order valence-electron chi connectivity index (χ3n) is 3.19. The minimum Gasteiger partial charge on any atom is -0.757 e. The Kier molecular flexibility index (Phi) is 4.52. The van der Waals surface area contributed by atoms with Crippen LogP contribution >= 0.6 is 0 Å². The van der Waals surface area contributed by atoms with Gasteiger partial charge in [0.2, 0.25) is 0 Å². The molecule has 0 unspecified atom stereocenters. The fraction of sp³-hybridized carbons (Fsp3) is 0.125. The van der Waals surface area contributed by atoms with Crippen molar-refractivity contribution in [2.45, 2.75) is 17.6 Å². The van der Waals surface area contributed by atoms with Crippen molar-refractivity contribution in [3.8, 4) is 6.07 Å². The van der Waals surface area contributed by atoms with Crippen LogP contribution in [-0.4, -0.2) is 14.3 Å². The van der Waals surface area contributed by atoms with Gasteiger partial charge in [0.25, 0.3) is 0 Å². The molecule has 5 nitrogen and oxygen atoms in total. The van der Waals surface area contributed by atoms with E-state index in [4.69, 9.17) is 10.7 Å². The van der Waals surface area contributed by atoms with E-state index in [9.17, 15) is 8.42 Å². The summed E-state index contributed by atoms with van der Waals surface area (Å²) in [6.45, 7) is 1.75. The first-order chi connectivity index (χ1) is 10.5. The largest absolute Gasteiger partial charge is 0.757 e. The molecule has 22 heavy (non-hydrogen) atoms. The predicted octanol–water partition coefficient (Wildman–Crippen LogP) is 1.86. The molecule has 0 aliphatic heterocycles. The van der Waals surface area contributed by atoms with Crippen LogP contribution in [0.3, 0.4) is 0 Å². The van der Waals surface area contributed by atoms with Crippen LogP contribution < -0.4 is 4.57 Å². The molecule has 110 valence electrons. The van der Waals surface area contributed by atoms with Crippen molar-refractivity contribution in [3.05, 3.63) is 65.3 Å². The maximum atomic E-state index is 12.4. The van der Waals surface area contributed by atoms with Gasteiger partial charge in [0.05, 0.1) is 10.6 Å². The fourth-order valence-electron chi connectivity index (χ4n) is 1.99. The molecule has 0 amide bonds. The normalized spacial score (nSPS) is 10.5. The van der Waals surface area contributed by atoms with Crippen LogP contribution in [0.4, 0.5) is 0 Å². The second-order valence-corrected chi connectivity index (χ2v) is 6.69. The Labute approximate surface area is 129 Å². The SMILES string of the molecule is Cc1c[n+](C(=C=[N-])C#N)ccc1CS(=O)(=O)c1ccccc1. The van der Waals surface area contributed by atoms with Gasteiger partial charge in [0, 0.05) is 11.6 Å². The maximum absolute atomic E-state index is 12.4. The van der Waals surface area contributed by atoms with Crippen molar-refractivity contribution in [1.29, 1.82) is 5.26 Å².